The van der Waals surface area contributed by atoms with Gasteiger partial charge in [-0.25, -0.2) is 0 Å². The van der Waals surface area contributed by atoms with Crippen molar-refractivity contribution in [1.29, 1.82) is 0 Å². The minimum atomic E-state index is -0.0422. The second-order valence-electron chi connectivity index (χ2n) is 6.87. The normalized spacial score (nSPS) is 16.4. The van der Waals surface area contributed by atoms with Crippen LogP contribution in [-0.2, 0) is 16.0 Å². The minimum Gasteiger partial charge on any atom is -0.496 e. The lowest BCUT2D eigenvalue weighted by Crippen LogP contribution is -2.45. The van der Waals surface area contributed by atoms with Gasteiger partial charge in [0.25, 0.3) is 0 Å². The van der Waals surface area contributed by atoms with Crippen molar-refractivity contribution in [3.63, 3.8) is 0 Å². The first-order valence-corrected chi connectivity index (χ1v) is 9.22. The van der Waals surface area contributed by atoms with Crippen LogP contribution in [0.25, 0.3) is 0 Å². The van der Waals surface area contributed by atoms with E-state index in [4.69, 9.17) is 4.74 Å². The molecule has 1 heterocycles. The average molecular weight is 346 g/mol. The number of rotatable bonds is 7. The zero-order chi connectivity index (χ0) is 18.2. The van der Waals surface area contributed by atoms with E-state index in [1.165, 1.54) is 5.56 Å². The Morgan fingerprint density at radius 2 is 1.96 bits per heavy atom. The summed E-state index contributed by atoms with van der Waals surface area (Å²) in [6, 6.07) is 8.13. The van der Waals surface area contributed by atoms with Crippen molar-refractivity contribution >= 4 is 11.8 Å². The van der Waals surface area contributed by atoms with Crippen LogP contribution in [0.2, 0.25) is 0 Å². The first kappa shape index (κ1) is 19.3. The van der Waals surface area contributed by atoms with E-state index in [2.05, 4.69) is 11.4 Å². The third-order valence-corrected chi connectivity index (χ3v) is 5.14. The Hall–Kier alpha value is -2.04. The number of nitrogens with one attached hydrogen (secondary N) is 1. The average Bonchev–Trinajstić information content (AvgIpc) is 2.66. The van der Waals surface area contributed by atoms with E-state index in [9.17, 15) is 9.59 Å². The van der Waals surface area contributed by atoms with Crippen LogP contribution in [0.1, 0.15) is 38.7 Å². The van der Waals surface area contributed by atoms with Crippen LogP contribution in [0, 0.1) is 11.8 Å². The maximum atomic E-state index is 12.3. The molecule has 0 bridgehead atoms. The van der Waals surface area contributed by atoms with Gasteiger partial charge in [-0.1, -0.05) is 32.0 Å². The molecule has 2 amide bonds. The number of carbonyl (C=O) groups excluding carboxylic acids is 2. The fourth-order valence-electron chi connectivity index (χ4n) is 3.20. The monoisotopic (exact) mass is 346 g/mol. The van der Waals surface area contributed by atoms with Crippen molar-refractivity contribution in [2.24, 2.45) is 11.8 Å². The summed E-state index contributed by atoms with van der Waals surface area (Å²) in [5.74, 6) is 1.44. The van der Waals surface area contributed by atoms with Crippen molar-refractivity contribution in [2.75, 3.05) is 26.7 Å². The van der Waals surface area contributed by atoms with Gasteiger partial charge in [-0.05, 0) is 43.2 Å². The largest absolute Gasteiger partial charge is 0.496 e. The predicted octanol–water partition coefficient (Wildman–Crippen LogP) is 2.64. The number of hydrogen-bond donors (Lipinski definition) is 1. The molecule has 1 aliphatic rings. The number of hydrogen-bond acceptors (Lipinski definition) is 3. The molecule has 25 heavy (non-hydrogen) atoms. The van der Waals surface area contributed by atoms with E-state index in [-0.39, 0.29) is 24.3 Å². The zero-order valence-corrected chi connectivity index (χ0v) is 15.6. The molecule has 0 spiro atoms. The Kier molecular flexibility index (Phi) is 7.29. The van der Waals surface area contributed by atoms with Gasteiger partial charge in [0.2, 0.25) is 11.8 Å². The highest BCUT2D eigenvalue weighted by Crippen LogP contribution is 2.26. The van der Waals surface area contributed by atoms with E-state index in [1.807, 2.05) is 36.9 Å². The molecule has 0 radical (unpaired) electrons. The summed E-state index contributed by atoms with van der Waals surface area (Å²) in [4.78, 5) is 25.9. The Morgan fingerprint density at radius 3 is 2.60 bits per heavy atom. The van der Waals surface area contributed by atoms with Crippen LogP contribution in [0.5, 0.6) is 5.75 Å². The molecule has 0 unspecified atom stereocenters. The predicted molar refractivity (Wildman–Crippen MR) is 98.5 cm³/mol. The standard InChI is InChI=1S/C20H30N2O3/c1-4-15(2)20(24)21-14-19(23)22-11-9-16(10-12-22)13-17-7-5-6-8-18(17)25-3/h5-8,15-16H,4,9-14H2,1-3H3,(H,21,24)/t15-/m1/s1. The smallest absolute Gasteiger partial charge is 0.241 e. The number of likely N-dealkylation sites (tertiary alicyclic amines) is 1. The lowest BCUT2D eigenvalue weighted by atomic mass is 9.90. The maximum Gasteiger partial charge on any atom is 0.241 e. The minimum absolute atomic E-state index is 0.0207. The number of benzene rings is 1. The molecular weight excluding hydrogens is 316 g/mol. The van der Waals surface area contributed by atoms with E-state index >= 15 is 0 Å². The molecule has 0 aromatic heterocycles. The van der Waals surface area contributed by atoms with Gasteiger partial charge in [-0.15, -0.1) is 0 Å². The van der Waals surface area contributed by atoms with Gasteiger partial charge >= 0.3 is 0 Å². The Morgan fingerprint density at radius 1 is 1.28 bits per heavy atom. The van der Waals surface area contributed by atoms with Gasteiger partial charge in [0.15, 0.2) is 0 Å². The van der Waals surface area contributed by atoms with Crippen LogP contribution in [0.4, 0.5) is 0 Å². The molecule has 1 atom stereocenters. The zero-order valence-electron chi connectivity index (χ0n) is 15.6. The Labute approximate surface area is 150 Å². The molecular formula is C20H30N2O3. The SMILES string of the molecule is CC[C@@H](C)C(=O)NCC(=O)N1CCC(Cc2ccccc2OC)CC1. The molecule has 1 N–H and O–H groups in total. The maximum absolute atomic E-state index is 12.3. The van der Waals surface area contributed by atoms with Crippen molar-refractivity contribution in [3.8, 4) is 5.75 Å². The highest BCUT2D eigenvalue weighted by atomic mass is 16.5. The molecule has 2 rings (SSSR count). The second-order valence-corrected chi connectivity index (χ2v) is 6.87. The molecule has 1 aromatic rings. The Balaban J connectivity index is 1.77. The molecule has 0 aliphatic carbocycles. The molecule has 138 valence electrons. The number of carbonyl (C=O) groups is 2. The number of amides is 2. The fraction of sp³-hybridized carbons (Fsp3) is 0.600. The van der Waals surface area contributed by atoms with E-state index in [0.717, 1.165) is 44.5 Å². The van der Waals surface area contributed by atoms with E-state index in [1.54, 1.807) is 7.11 Å². The highest BCUT2D eigenvalue weighted by molar-refractivity contribution is 5.85. The van der Waals surface area contributed by atoms with Gasteiger partial charge in [-0.2, -0.15) is 0 Å². The Bertz CT molecular complexity index is 580. The third-order valence-electron chi connectivity index (χ3n) is 5.14. The van der Waals surface area contributed by atoms with Gasteiger partial charge in [0, 0.05) is 19.0 Å². The topological polar surface area (TPSA) is 58.6 Å². The molecule has 1 saturated heterocycles. The second kappa shape index (κ2) is 9.44. The lowest BCUT2D eigenvalue weighted by molar-refractivity contribution is -0.134. The number of ether oxygens (including phenoxy) is 1. The fourth-order valence-corrected chi connectivity index (χ4v) is 3.20. The van der Waals surface area contributed by atoms with Crippen LogP contribution in [0.15, 0.2) is 24.3 Å². The van der Waals surface area contributed by atoms with Crippen molar-refractivity contribution in [3.05, 3.63) is 29.8 Å². The van der Waals surface area contributed by atoms with Crippen LogP contribution >= 0.6 is 0 Å². The van der Waals surface area contributed by atoms with E-state index in [0.29, 0.717) is 5.92 Å². The summed E-state index contributed by atoms with van der Waals surface area (Å²) in [6.45, 7) is 5.48. The van der Waals surface area contributed by atoms with Gasteiger partial charge < -0.3 is 15.0 Å². The molecule has 1 aromatic carbocycles. The number of piperidine rings is 1. The molecule has 5 nitrogen and oxygen atoms in total. The third kappa shape index (κ3) is 5.48. The van der Waals surface area contributed by atoms with Crippen LogP contribution < -0.4 is 10.1 Å². The summed E-state index contributed by atoms with van der Waals surface area (Å²) in [7, 11) is 1.70. The van der Waals surface area contributed by atoms with Crippen molar-refractivity contribution < 1.29 is 14.3 Å². The van der Waals surface area contributed by atoms with Crippen LogP contribution in [-0.4, -0.2) is 43.5 Å². The molecule has 1 fully saturated rings. The summed E-state index contributed by atoms with van der Waals surface area (Å²) >= 11 is 0. The number of para-hydroxylation sites is 1. The van der Waals surface area contributed by atoms with Crippen molar-refractivity contribution in [2.45, 2.75) is 39.5 Å². The quantitative estimate of drug-likeness (QED) is 0.826. The van der Waals surface area contributed by atoms with Crippen LogP contribution in [0.3, 0.4) is 0 Å². The first-order chi connectivity index (χ1) is 12.0. The first-order valence-electron chi connectivity index (χ1n) is 9.22. The van der Waals surface area contributed by atoms with Gasteiger partial charge in [0.1, 0.15) is 5.75 Å². The highest BCUT2D eigenvalue weighted by Gasteiger charge is 2.24. The summed E-state index contributed by atoms with van der Waals surface area (Å²) in [6.07, 6.45) is 3.75. The van der Waals surface area contributed by atoms with Crippen molar-refractivity contribution in [1.82, 2.24) is 10.2 Å². The molecule has 1 aliphatic heterocycles. The summed E-state index contributed by atoms with van der Waals surface area (Å²) in [5, 5.41) is 2.75. The summed E-state index contributed by atoms with van der Waals surface area (Å²) < 4.78 is 5.42. The summed E-state index contributed by atoms with van der Waals surface area (Å²) in [5.41, 5.74) is 1.23. The van der Waals surface area contributed by atoms with Gasteiger partial charge in [0.05, 0.1) is 13.7 Å². The molecule has 5 heteroatoms. The number of methoxy groups -OCH3 is 1. The van der Waals surface area contributed by atoms with Gasteiger partial charge in [-0.3, -0.25) is 9.59 Å². The lowest BCUT2D eigenvalue weighted by Gasteiger charge is -2.32. The number of nitrogens with zero attached hydrogens (tertiary/aromatic N) is 1. The molecule has 0 saturated carbocycles. The van der Waals surface area contributed by atoms with E-state index < -0.39 is 0 Å².